The van der Waals surface area contributed by atoms with E-state index in [9.17, 15) is 9.18 Å². The predicted octanol–water partition coefficient (Wildman–Crippen LogP) is 4.79. The van der Waals surface area contributed by atoms with E-state index in [1.807, 2.05) is 30.0 Å². The minimum absolute atomic E-state index is 0.164. The van der Waals surface area contributed by atoms with Gasteiger partial charge in [0.15, 0.2) is 0 Å². The molecular formula is C25H31FN2O2. The van der Waals surface area contributed by atoms with Gasteiger partial charge in [0.25, 0.3) is 0 Å². The molecule has 2 aliphatic heterocycles. The molecule has 4 rings (SSSR count). The normalized spacial score (nSPS) is 19.9. The van der Waals surface area contributed by atoms with E-state index in [4.69, 9.17) is 9.72 Å². The summed E-state index contributed by atoms with van der Waals surface area (Å²) in [5.74, 6) is 0.441. The first-order valence-corrected chi connectivity index (χ1v) is 11.2. The second-order valence-electron chi connectivity index (χ2n) is 8.64. The summed E-state index contributed by atoms with van der Waals surface area (Å²) in [5, 5.41) is 0. The number of aromatic nitrogens is 1. The summed E-state index contributed by atoms with van der Waals surface area (Å²) in [4.78, 5) is 19.3. The number of hydrogen-bond donors (Lipinski definition) is 0. The van der Waals surface area contributed by atoms with Crippen molar-refractivity contribution in [3.8, 4) is 0 Å². The van der Waals surface area contributed by atoms with Gasteiger partial charge in [0.2, 0.25) is 5.91 Å². The van der Waals surface area contributed by atoms with Gasteiger partial charge < -0.3 is 9.64 Å². The zero-order valence-electron chi connectivity index (χ0n) is 17.8. The summed E-state index contributed by atoms with van der Waals surface area (Å²) < 4.78 is 19.7. The first kappa shape index (κ1) is 21.0. The zero-order valence-corrected chi connectivity index (χ0v) is 17.8. The lowest BCUT2D eigenvalue weighted by atomic mass is 9.91. The Morgan fingerprint density at radius 2 is 2.00 bits per heavy atom. The molecule has 5 heteroatoms. The standard InChI is InChI=1S/C25H31FN2O2/c1-18-15-19(16-21-5-2-3-7-23(21)26)17-24(27-18)20-10-12-28(13-11-20)25(29)9-8-22-6-4-14-30-22/h2-3,5,7,15,17,20,22H,4,6,8-14,16H2,1H3/t22-/m1/s1. The van der Waals surface area contributed by atoms with Crippen LogP contribution in [0, 0.1) is 12.7 Å². The summed E-state index contributed by atoms with van der Waals surface area (Å²) in [6.45, 7) is 4.41. The van der Waals surface area contributed by atoms with Gasteiger partial charge in [-0.2, -0.15) is 0 Å². The van der Waals surface area contributed by atoms with Gasteiger partial charge in [0, 0.05) is 49.8 Å². The summed E-state index contributed by atoms with van der Waals surface area (Å²) in [5.41, 5.74) is 3.85. The van der Waals surface area contributed by atoms with Crippen LogP contribution in [0.15, 0.2) is 36.4 Å². The second-order valence-corrected chi connectivity index (χ2v) is 8.64. The number of pyridine rings is 1. The molecule has 1 aromatic heterocycles. The number of hydrogen-bond acceptors (Lipinski definition) is 3. The Morgan fingerprint density at radius 1 is 1.20 bits per heavy atom. The Morgan fingerprint density at radius 3 is 2.73 bits per heavy atom. The van der Waals surface area contributed by atoms with Crippen molar-refractivity contribution >= 4 is 5.91 Å². The van der Waals surface area contributed by atoms with Crippen molar-refractivity contribution < 1.29 is 13.9 Å². The molecule has 0 bridgehead atoms. The summed E-state index contributed by atoms with van der Waals surface area (Å²) in [7, 11) is 0. The number of nitrogens with zero attached hydrogens (tertiary/aromatic N) is 2. The molecule has 1 aromatic carbocycles. The van der Waals surface area contributed by atoms with Crippen molar-refractivity contribution in [1.82, 2.24) is 9.88 Å². The number of rotatable bonds is 6. The van der Waals surface area contributed by atoms with Crippen LogP contribution in [0.2, 0.25) is 0 Å². The molecule has 3 heterocycles. The smallest absolute Gasteiger partial charge is 0.222 e. The Hall–Kier alpha value is -2.27. The van der Waals surface area contributed by atoms with Crippen molar-refractivity contribution in [2.75, 3.05) is 19.7 Å². The Balaban J connectivity index is 1.34. The van der Waals surface area contributed by atoms with Crippen LogP contribution in [0.4, 0.5) is 4.39 Å². The Kier molecular flexibility index (Phi) is 6.78. The molecule has 30 heavy (non-hydrogen) atoms. The topological polar surface area (TPSA) is 42.4 Å². The van der Waals surface area contributed by atoms with Crippen molar-refractivity contribution in [2.45, 2.75) is 63.9 Å². The van der Waals surface area contributed by atoms with E-state index in [1.165, 1.54) is 6.07 Å². The fraction of sp³-hybridized carbons (Fsp3) is 0.520. The third-order valence-corrected chi connectivity index (χ3v) is 6.36. The number of halogens is 1. The van der Waals surface area contributed by atoms with Crippen molar-refractivity contribution in [1.29, 1.82) is 0 Å². The number of amides is 1. The highest BCUT2D eigenvalue weighted by Gasteiger charge is 2.26. The number of carbonyl (C=O) groups excluding carboxylic acids is 1. The molecule has 0 radical (unpaired) electrons. The van der Waals surface area contributed by atoms with E-state index in [0.29, 0.717) is 24.3 Å². The third kappa shape index (κ3) is 5.25. The van der Waals surface area contributed by atoms with Crippen LogP contribution in [0.3, 0.4) is 0 Å². The molecule has 2 saturated heterocycles. The number of piperidine rings is 1. The zero-order chi connectivity index (χ0) is 20.9. The van der Waals surface area contributed by atoms with Gasteiger partial charge in [-0.1, -0.05) is 18.2 Å². The predicted molar refractivity (Wildman–Crippen MR) is 115 cm³/mol. The number of ether oxygens (including phenoxy) is 1. The van der Waals surface area contributed by atoms with Crippen LogP contribution in [-0.4, -0.2) is 41.6 Å². The van der Waals surface area contributed by atoms with E-state index in [0.717, 1.165) is 68.8 Å². The maximum Gasteiger partial charge on any atom is 0.222 e. The molecule has 0 saturated carbocycles. The molecule has 0 unspecified atom stereocenters. The molecule has 0 N–H and O–H groups in total. The van der Waals surface area contributed by atoms with Crippen molar-refractivity contribution in [3.05, 3.63) is 64.7 Å². The van der Waals surface area contributed by atoms with Crippen LogP contribution in [-0.2, 0) is 16.0 Å². The van der Waals surface area contributed by atoms with Crippen LogP contribution in [0.1, 0.15) is 67.0 Å². The van der Waals surface area contributed by atoms with Crippen LogP contribution >= 0.6 is 0 Å². The lowest BCUT2D eigenvalue weighted by Crippen LogP contribution is -2.38. The van der Waals surface area contributed by atoms with Gasteiger partial charge in [-0.25, -0.2) is 4.39 Å². The molecule has 1 amide bonds. The highest BCUT2D eigenvalue weighted by atomic mass is 19.1. The molecule has 0 aliphatic carbocycles. The lowest BCUT2D eigenvalue weighted by molar-refractivity contribution is -0.132. The van der Waals surface area contributed by atoms with E-state index < -0.39 is 0 Å². The Bertz CT molecular complexity index is 871. The summed E-state index contributed by atoms with van der Waals surface area (Å²) in [6, 6.07) is 11.1. The van der Waals surface area contributed by atoms with Crippen LogP contribution < -0.4 is 0 Å². The largest absolute Gasteiger partial charge is 0.378 e. The maximum absolute atomic E-state index is 14.1. The number of carbonyl (C=O) groups is 1. The van der Waals surface area contributed by atoms with E-state index in [2.05, 4.69) is 6.07 Å². The SMILES string of the molecule is Cc1cc(Cc2ccccc2F)cc(C2CCN(C(=O)CC[C@H]3CCCO3)CC2)n1. The van der Waals surface area contributed by atoms with Gasteiger partial charge in [-0.15, -0.1) is 0 Å². The summed E-state index contributed by atoms with van der Waals surface area (Å²) >= 11 is 0. The first-order chi connectivity index (χ1) is 14.6. The van der Waals surface area contributed by atoms with Gasteiger partial charge in [-0.3, -0.25) is 9.78 Å². The van der Waals surface area contributed by atoms with E-state index in [-0.39, 0.29) is 17.8 Å². The van der Waals surface area contributed by atoms with E-state index >= 15 is 0 Å². The van der Waals surface area contributed by atoms with Crippen molar-refractivity contribution in [3.63, 3.8) is 0 Å². The van der Waals surface area contributed by atoms with Gasteiger partial charge in [0.1, 0.15) is 5.82 Å². The quantitative estimate of drug-likeness (QED) is 0.688. The molecule has 160 valence electrons. The first-order valence-electron chi connectivity index (χ1n) is 11.2. The molecule has 2 aliphatic rings. The van der Waals surface area contributed by atoms with E-state index in [1.54, 1.807) is 6.07 Å². The van der Waals surface area contributed by atoms with Gasteiger partial charge in [0.05, 0.1) is 6.10 Å². The second kappa shape index (κ2) is 9.69. The van der Waals surface area contributed by atoms with Crippen LogP contribution in [0.5, 0.6) is 0 Å². The Labute approximate surface area is 178 Å². The fourth-order valence-corrected chi connectivity index (χ4v) is 4.68. The molecule has 1 atom stereocenters. The van der Waals surface area contributed by atoms with Gasteiger partial charge in [-0.05, 0) is 68.4 Å². The molecule has 4 nitrogen and oxygen atoms in total. The molecular weight excluding hydrogens is 379 g/mol. The van der Waals surface area contributed by atoms with Crippen molar-refractivity contribution in [2.24, 2.45) is 0 Å². The number of aryl methyl sites for hydroxylation is 1. The highest BCUT2D eigenvalue weighted by Crippen LogP contribution is 2.29. The number of likely N-dealkylation sites (tertiary alicyclic amines) is 1. The fourth-order valence-electron chi connectivity index (χ4n) is 4.68. The average Bonchev–Trinajstić information content (AvgIpc) is 3.27. The highest BCUT2D eigenvalue weighted by molar-refractivity contribution is 5.76. The summed E-state index contributed by atoms with van der Waals surface area (Å²) in [6.07, 6.45) is 6.35. The number of benzene rings is 1. The molecule has 0 spiro atoms. The minimum atomic E-state index is -0.164. The molecule has 2 aromatic rings. The monoisotopic (exact) mass is 410 g/mol. The van der Waals surface area contributed by atoms with Gasteiger partial charge >= 0.3 is 0 Å². The maximum atomic E-state index is 14.1. The van der Waals surface area contributed by atoms with Crippen LogP contribution in [0.25, 0.3) is 0 Å². The average molecular weight is 411 g/mol. The lowest BCUT2D eigenvalue weighted by Gasteiger charge is -2.32. The third-order valence-electron chi connectivity index (χ3n) is 6.36. The minimum Gasteiger partial charge on any atom is -0.378 e. The molecule has 2 fully saturated rings.